The van der Waals surface area contributed by atoms with E-state index >= 15 is 0 Å². The molecule has 0 aromatic heterocycles. The molecule has 1 N–H and O–H groups in total. The van der Waals surface area contributed by atoms with Crippen LogP contribution in [-0.2, 0) is 16.1 Å². The molecule has 31 heavy (non-hydrogen) atoms. The monoisotopic (exact) mass is 442 g/mol. The number of aryl methyl sites for hydroxylation is 1. The fourth-order valence-electron chi connectivity index (χ4n) is 3.94. The average molecular weight is 443 g/mol. The fraction of sp³-hybridized carbons (Fsp3) is 0.440. The van der Waals surface area contributed by atoms with Crippen LogP contribution in [-0.4, -0.2) is 35.4 Å². The summed E-state index contributed by atoms with van der Waals surface area (Å²) in [6.45, 7) is 4.13. The van der Waals surface area contributed by atoms with Gasteiger partial charge in [-0.25, -0.2) is 0 Å². The Labute approximate surface area is 189 Å². The quantitative estimate of drug-likeness (QED) is 0.601. The number of benzene rings is 2. The molecule has 1 aliphatic carbocycles. The molecule has 0 unspecified atom stereocenters. The van der Waals surface area contributed by atoms with Gasteiger partial charge in [0.15, 0.2) is 6.61 Å². The molecule has 5 nitrogen and oxygen atoms in total. The largest absolute Gasteiger partial charge is 0.484 e. The van der Waals surface area contributed by atoms with Gasteiger partial charge in [0.05, 0.1) is 0 Å². The first-order chi connectivity index (χ1) is 15.0. The zero-order valence-electron chi connectivity index (χ0n) is 18.3. The van der Waals surface area contributed by atoms with Crippen LogP contribution in [0.4, 0.5) is 0 Å². The predicted octanol–water partition coefficient (Wildman–Crippen LogP) is 4.89. The van der Waals surface area contributed by atoms with E-state index in [0.717, 1.165) is 36.8 Å². The van der Waals surface area contributed by atoms with Crippen LogP contribution in [0.3, 0.4) is 0 Å². The van der Waals surface area contributed by atoms with Crippen LogP contribution in [0.25, 0.3) is 0 Å². The molecular weight excluding hydrogens is 412 g/mol. The first kappa shape index (κ1) is 23.1. The third-order valence-corrected chi connectivity index (χ3v) is 5.99. The molecule has 0 bridgehead atoms. The van der Waals surface area contributed by atoms with Crippen molar-refractivity contribution in [3.8, 4) is 5.75 Å². The Bertz CT molecular complexity index is 861. The summed E-state index contributed by atoms with van der Waals surface area (Å²) >= 11 is 6.01. The van der Waals surface area contributed by atoms with Crippen molar-refractivity contribution in [1.82, 2.24) is 10.2 Å². The molecule has 3 rings (SSSR count). The second kappa shape index (κ2) is 11.2. The van der Waals surface area contributed by atoms with E-state index in [1.165, 1.54) is 0 Å². The molecule has 1 aliphatic rings. The van der Waals surface area contributed by atoms with Crippen molar-refractivity contribution in [1.29, 1.82) is 0 Å². The Kier molecular flexibility index (Phi) is 8.35. The SMILES string of the molecule is CC[C@@H](C(=O)NC1CCCC1)N(Cc1ccc(Cl)cc1)C(=O)COc1ccc(C)cc1. The van der Waals surface area contributed by atoms with E-state index in [-0.39, 0.29) is 24.5 Å². The summed E-state index contributed by atoms with van der Waals surface area (Å²) < 4.78 is 5.72. The molecule has 0 radical (unpaired) electrons. The molecule has 1 saturated carbocycles. The van der Waals surface area contributed by atoms with E-state index in [1.807, 2.05) is 50.2 Å². The number of amides is 2. The first-order valence-electron chi connectivity index (χ1n) is 11.0. The summed E-state index contributed by atoms with van der Waals surface area (Å²) in [5.74, 6) is 0.324. The number of hydrogen-bond donors (Lipinski definition) is 1. The lowest BCUT2D eigenvalue weighted by atomic mass is 10.1. The third kappa shape index (κ3) is 6.73. The van der Waals surface area contributed by atoms with Crippen molar-refractivity contribution >= 4 is 23.4 Å². The number of hydrogen-bond acceptors (Lipinski definition) is 3. The first-order valence-corrected chi connectivity index (χ1v) is 11.4. The lowest BCUT2D eigenvalue weighted by molar-refractivity contribution is -0.143. The van der Waals surface area contributed by atoms with Gasteiger partial charge in [-0.15, -0.1) is 0 Å². The lowest BCUT2D eigenvalue weighted by Crippen LogP contribution is -2.52. The number of carbonyl (C=O) groups is 2. The Morgan fingerprint density at radius 2 is 1.74 bits per heavy atom. The van der Waals surface area contributed by atoms with Crippen LogP contribution in [0.15, 0.2) is 48.5 Å². The van der Waals surface area contributed by atoms with Gasteiger partial charge < -0.3 is 15.0 Å². The van der Waals surface area contributed by atoms with Crippen LogP contribution in [0, 0.1) is 6.92 Å². The summed E-state index contributed by atoms with van der Waals surface area (Å²) in [6.07, 6.45) is 4.81. The number of carbonyl (C=O) groups excluding carboxylic acids is 2. The second-order valence-electron chi connectivity index (χ2n) is 8.16. The zero-order valence-corrected chi connectivity index (χ0v) is 19.0. The summed E-state index contributed by atoms with van der Waals surface area (Å²) in [7, 11) is 0. The van der Waals surface area contributed by atoms with Gasteiger partial charge >= 0.3 is 0 Å². The molecule has 2 amide bonds. The lowest BCUT2D eigenvalue weighted by Gasteiger charge is -2.31. The second-order valence-corrected chi connectivity index (χ2v) is 8.60. The van der Waals surface area contributed by atoms with Gasteiger partial charge in [-0.1, -0.05) is 61.2 Å². The van der Waals surface area contributed by atoms with Gasteiger partial charge in [0.1, 0.15) is 11.8 Å². The van der Waals surface area contributed by atoms with Crippen LogP contribution in [0.5, 0.6) is 5.75 Å². The van der Waals surface area contributed by atoms with Crippen LogP contribution in [0.1, 0.15) is 50.2 Å². The molecule has 2 aromatic rings. The minimum atomic E-state index is -0.551. The van der Waals surface area contributed by atoms with Crippen molar-refractivity contribution in [2.24, 2.45) is 0 Å². The summed E-state index contributed by atoms with van der Waals surface area (Å²) in [6, 6.07) is 14.6. The third-order valence-electron chi connectivity index (χ3n) is 5.74. The summed E-state index contributed by atoms with van der Waals surface area (Å²) in [4.78, 5) is 27.9. The van der Waals surface area contributed by atoms with Gasteiger partial charge in [-0.2, -0.15) is 0 Å². The van der Waals surface area contributed by atoms with E-state index in [2.05, 4.69) is 5.32 Å². The Hall–Kier alpha value is -2.53. The number of nitrogens with zero attached hydrogens (tertiary/aromatic N) is 1. The minimum absolute atomic E-state index is 0.0907. The normalized spacial score (nSPS) is 14.8. The molecule has 0 spiro atoms. The Morgan fingerprint density at radius 1 is 1.10 bits per heavy atom. The summed E-state index contributed by atoms with van der Waals surface area (Å²) in [5, 5.41) is 3.78. The highest BCUT2D eigenvalue weighted by Gasteiger charge is 2.30. The van der Waals surface area contributed by atoms with Crippen molar-refractivity contribution in [2.45, 2.75) is 64.6 Å². The zero-order chi connectivity index (χ0) is 22.2. The molecular formula is C25H31ClN2O3. The van der Waals surface area contributed by atoms with Crippen molar-refractivity contribution < 1.29 is 14.3 Å². The Morgan fingerprint density at radius 3 is 2.35 bits per heavy atom. The van der Waals surface area contributed by atoms with Gasteiger partial charge in [-0.3, -0.25) is 9.59 Å². The highest BCUT2D eigenvalue weighted by molar-refractivity contribution is 6.30. The maximum absolute atomic E-state index is 13.2. The highest BCUT2D eigenvalue weighted by Crippen LogP contribution is 2.20. The van der Waals surface area contributed by atoms with Crippen LogP contribution in [0.2, 0.25) is 5.02 Å². The Balaban J connectivity index is 1.74. The topological polar surface area (TPSA) is 58.6 Å². The molecule has 0 heterocycles. The van der Waals surface area contributed by atoms with Crippen molar-refractivity contribution in [3.63, 3.8) is 0 Å². The standard InChI is InChI=1S/C25H31ClN2O3/c1-3-23(25(30)27-21-6-4-5-7-21)28(16-19-10-12-20(26)13-11-19)24(29)17-31-22-14-8-18(2)9-15-22/h8-15,21,23H,3-7,16-17H2,1-2H3,(H,27,30)/t23-/m0/s1. The molecule has 6 heteroatoms. The van der Waals surface area contributed by atoms with Gasteiger partial charge in [0.2, 0.25) is 5.91 Å². The average Bonchev–Trinajstić information content (AvgIpc) is 3.27. The van der Waals surface area contributed by atoms with Gasteiger partial charge in [-0.05, 0) is 56.0 Å². The van der Waals surface area contributed by atoms with E-state index in [1.54, 1.807) is 17.0 Å². The minimum Gasteiger partial charge on any atom is -0.484 e. The number of ether oxygens (including phenoxy) is 1. The van der Waals surface area contributed by atoms with Crippen molar-refractivity contribution in [2.75, 3.05) is 6.61 Å². The van der Waals surface area contributed by atoms with Gasteiger partial charge in [0.25, 0.3) is 5.91 Å². The van der Waals surface area contributed by atoms with E-state index in [9.17, 15) is 9.59 Å². The van der Waals surface area contributed by atoms with E-state index in [0.29, 0.717) is 23.7 Å². The maximum atomic E-state index is 13.2. The molecule has 166 valence electrons. The smallest absolute Gasteiger partial charge is 0.261 e. The molecule has 0 aliphatic heterocycles. The summed E-state index contributed by atoms with van der Waals surface area (Å²) in [5.41, 5.74) is 2.04. The number of rotatable bonds is 9. The number of nitrogens with one attached hydrogen (secondary N) is 1. The maximum Gasteiger partial charge on any atom is 0.261 e. The fourth-order valence-corrected chi connectivity index (χ4v) is 4.06. The number of halogens is 1. The molecule has 2 aromatic carbocycles. The van der Waals surface area contributed by atoms with E-state index in [4.69, 9.17) is 16.3 Å². The van der Waals surface area contributed by atoms with Crippen LogP contribution >= 0.6 is 11.6 Å². The molecule has 0 saturated heterocycles. The van der Waals surface area contributed by atoms with E-state index < -0.39 is 6.04 Å². The molecule has 1 fully saturated rings. The predicted molar refractivity (Wildman–Crippen MR) is 123 cm³/mol. The highest BCUT2D eigenvalue weighted by atomic mass is 35.5. The van der Waals surface area contributed by atoms with Crippen LogP contribution < -0.4 is 10.1 Å². The molecule has 1 atom stereocenters. The van der Waals surface area contributed by atoms with Crippen molar-refractivity contribution in [3.05, 3.63) is 64.7 Å². The van der Waals surface area contributed by atoms with Gasteiger partial charge in [0, 0.05) is 17.6 Å².